The topological polar surface area (TPSA) is 0 Å². The van der Waals surface area contributed by atoms with Crippen molar-refractivity contribution in [3.8, 4) is 23.7 Å². The molecule has 0 N–H and O–H groups in total. The van der Waals surface area contributed by atoms with Crippen molar-refractivity contribution in [2.45, 2.75) is 45.4 Å². The summed E-state index contributed by atoms with van der Waals surface area (Å²) in [7, 11) is 0. The van der Waals surface area contributed by atoms with E-state index in [1.165, 1.54) is 37.7 Å². The van der Waals surface area contributed by atoms with Crippen molar-refractivity contribution >= 4 is 22.4 Å². The van der Waals surface area contributed by atoms with Gasteiger partial charge in [0.2, 0.25) is 0 Å². The van der Waals surface area contributed by atoms with Crippen LogP contribution in [0.3, 0.4) is 0 Å². The Balaban J connectivity index is 1.47. The first-order valence-corrected chi connectivity index (χ1v) is 12.8. The standard InChI is InChI=1S/C33H26ClF3/c1-2-3-4-5-6-7-23-8-10-24(11-9-23)12-13-25-15-19-29-28(20-25)18-17-27(33(29)37)16-14-26-21-30(35)32(34)31(36)22-26/h8-11,15,17-22H,2-7H2,1H3. The van der Waals surface area contributed by atoms with Crippen molar-refractivity contribution in [2.75, 3.05) is 0 Å². The summed E-state index contributed by atoms with van der Waals surface area (Å²) in [4.78, 5) is 0. The van der Waals surface area contributed by atoms with Crippen molar-refractivity contribution in [3.05, 3.63) is 117 Å². The minimum absolute atomic E-state index is 0.0736. The molecule has 4 heteroatoms. The molecular formula is C33H26ClF3. The number of hydrogen-bond donors (Lipinski definition) is 0. The van der Waals surface area contributed by atoms with E-state index in [1.54, 1.807) is 24.3 Å². The molecule has 0 aromatic heterocycles. The summed E-state index contributed by atoms with van der Waals surface area (Å²) < 4.78 is 42.3. The highest BCUT2D eigenvalue weighted by Crippen LogP contribution is 2.23. The van der Waals surface area contributed by atoms with Gasteiger partial charge in [0, 0.05) is 22.1 Å². The van der Waals surface area contributed by atoms with Crippen LogP contribution >= 0.6 is 11.6 Å². The molecule has 0 heterocycles. The summed E-state index contributed by atoms with van der Waals surface area (Å²) in [5.74, 6) is 9.27. The highest BCUT2D eigenvalue weighted by molar-refractivity contribution is 6.30. The molecule has 0 atom stereocenters. The van der Waals surface area contributed by atoms with E-state index in [0.717, 1.165) is 29.7 Å². The Bertz CT molecular complexity index is 1510. The first-order chi connectivity index (χ1) is 17.9. The Morgan fingerprint density at radius 3 is 2.03 bits per heavy atom. The molecule has 0 spiro atoms. The first kappa shape index (κ1) is 26.4. The predicted molar refractivity (Wildman–Crippen MR) is 146 cm³/mol. The predicted octanol–water partition coefficient (Wildman–Crippen LogP) is 9.22. The maximum absolute atomic E-state index is 15.1. The van der Waals surface area contributed by atoms with Crippen molar-refractivity contribution in [1.29, 1.82) is 0 Å². The lowest BCUT2D eigenvalue weighted by Gasteiger charge is -2.03. The molecule has 0 nitrogen and oxygen atoms in total. The zero-order chi connectivity index (χ0) is 26.2. The molecule has 4 aromatic carbocycles. The van der Waals surface area contributed by atoms with Crippen molar-refractivity contribution < 1.29 is 13.2 Å². The van der Waals surface area contributed by atoms with Crippen LogP contribution in [0.25, 0.3) is 10.8 Å². The molecule has 0 radical (unpaired) electrons. The number of fused-ring (bicyclic) bond motifs is 1. The van der Waals surface area contributed by atoms with Gasteiger partial charge in [-0.1, -0.05) is 92.2 Å². The Morgan fingerprint density at radius 1 is 0.649 bits per heavy atom. The summed E-state index contributed by atoms with van der Waals surface area (Å²) >= 11 is 5.50. The summed E-state index contributed by atoms with van der Waals surface area (Å²) in [6, 6.07) is 19.0. The second kappa shape index (κ2) is 12.5. The average Bonchev–Trinajstić information content (AvgIpc) is 2.90. The van der Waals surface area contributed by atoms with E-state index in [1.807, 2.05) is 18.2 Å². The number of unbranched alkanes of at least 4 members (excludes halogenated alkanes) is 4. The van der Waals surface area contributed by atoms with Crippen LogP contribution in [-0.4, -0.2) is 0 Å². The first-order valence-electron chi connectivity index (χ1n) is 12.4. The highest BCUT2D eigenvalue weighted by atomic mass is 35.5. The van der Waals surface area contributed by atoms with Gasteiger partial charge in [-0.3, -0.25) is 0 Å². The van der Waals surface area contributed by atoms with E-state index in [9.17, 15) is 8.78 Å². The minimum atomic E-state index is -0.910. The van der Waals surface area contributed by atoms with Gasteiger partial charge in [-0.05, 0) is 66.3 Å². The van der Waals surface area contributed by atoms with Crippen LogP contribution in [0, 0.1) is 41.1 Å². The maximum Gasteiger partial charge on any atom is 0.146 e. The molecule has 0 aliphatic rings. The van der Waals surface area contributed by atoms with Crippen LogP contribution in [0.5, 0.6) is 0 Å². The summed E-state index contributed by atoms with van der Waals surface area (Å²) in [6.45, 7) is 2.22. The Morgan fingerprint density at radius 2 is 1.30 bits per heavy atom. The lowest BCUT2D eigenvalue weighted by Crippen LogP contribution is -1.89. The molecule has 0 aliphatic heterocycles. The fourth-order valence-corrected chi connectivity index (χ4v) is 4.17. The van der Waals surface area contributed by atoms with Gasteiger partial charge in [0.15, 0.2) is 0 Å². The molecule has 0 saturated carbocycles. The third-order valence-electron chi connectivity index (χ3n) is 6.15. The van der Waals surface area contributed by atoms with Gasteiger partial charge in [-0.15, -0.1) is 0 Å². The lowest BCUT2D eigenvalue weighted by molar-refractivity contribution is 0.583. The smallest absolute Gasteiger partial charge is 0.146 e. The molecule has 4 aromatic rings. The number of rotatable bonds is 6. The van der Waals surface area contributed by atoms with Crippen LogP contribution < -0.4 is 0 Å². The Labute approximate surface area is 221 Å². The lowest BCUT2D eigenvalue weighted by atomic mass is 10.0. The fraction of sp³-hybridized carbons (Fsp3) is 0.212. The van der Waals surface area contributed by atoms with Crippen LogP contribution in [0.1, 0.15) is 66.8 Å². The van der Waals surface area contributed by atoms with E-state index < -0.39 is 22.5 Å². The molecule has 37 heavy (non-hydrogen) atoms. The number of halogens is 4. The zero-order valence-electron chi connectivity index (χ0n) is 20.6. The maximum atomic E-state index is 15.1. The molecule has 0 fully saturated rings. The van der Waals surface area contributed by atoms with Crippen LogP contribution in [-0.2, 0) is 6.42 Å². The van der Waals surface area contributed by atoms with Crippen molar-refractivity contribution in [3.63, 3.8) is 0 Å². The van der Waals surface area contributed by atoms with E-state index in [-0.39, 0.29) is 11.1 Å². The second-order valence-electron chi connectivity index (χ2n) is 8.98. The van der Waals surface area contributed by atoms with Gasteiger partial charge in [0.25, 0.3) is 0 Å². The SMILES string of the molecule is CCCCCCCc1ccc(C#Cc2ccc3c(F)c(C#Cc4cc(F)c(Cl)c(F)c4)ccc3c2)cc1. The number of benzene rings is 4. The van der Waals surface area contributed by atoms with Gasteiger partial charge < -0.3 is 0 Å². The van der Waals surface area contributed by atoms with Crippen molar-refractivity contribution in [2.24, 2.45) is 0 Å². The average molecular weight is 515 g/mol. The molecule has 0 saturated heterocycles. The minimum Gasteiger partial charge on any atom is -0.205 e. The van der Waals surface area contributed by atoms with Gasteiger partial charge in [-0.2, -0.15) is 0 Å². The van der Waals surface area contributed by atoms with Crippen LogP contribution in [0.4, 0.5) is 13.2 Å². The largest absolute Gasteiger partial charge is 0.205 e. The summed E-state index contributed by atoms with van der Waals surface area (Å²) in [5.41, 5.74) is 3.24. The third kappa shape index (κ3) is 6.97. The van der Waals surface area contributed by atoms with E-state index in [2.05, 4.69) is 42.7 Å². The van der Waals surface area contributed by atoms with Gasteiger partial charge in [-0.25, -0.2) is 13.2 Å². The molecule has 4 rings (SSSR count). The van der Waals surface area contributed by atoms with Gasteiger partial charge in [0.1, 0.15) is 22.5 Å². The van der Waals surface area contributed by atoms with Crippen molar-refractivity contribution in [1.82, 2.24) is 0 Å². The molecule has 0 bridgehead atoms. The molecule has 0 aliphatic carbocycles. The quantitative estimate of drug-likeness (QED) is 0.137. The number of aryl methyl sites for hydroxylation is 1. The highest BCUT2D eigenvalue weighted by Gasteiger charge is 2.09. The van der Waals surface area contributed by atoms with Gasteiger partial charge in [0.05, 0.1) is 5.56 Å². The normalized spacial score (nSPS) is 10.5. The third-order valence-corrected chi connectivity index (χ3v) is 6.51. The van der Waals surface area contributed by atoms with Crippen LogP contribution in [0.2, 0.25) is 5.02 Å². The Kier molecular flexibility index (Phi) is 8.95. The summed E-state index contributed by atoms with van der Waals surface area (Å²) in [6.07, 6.45) is 7.44. The second-order valence-corrected chi connectivity index (χ2v) is 9.36. The molecule has 0 amide bonds. The monoisotopic (exact) mass is 514 g/mol. The summed E-state index contributed by atoms with van der Waals surface area (Å²) in [5, 5.41) is 0.498. The number of hydrogen-bond acceptors (Lipinski definition) is 0. The van der Waals surface area contributed by atoms with Crippen LogP contribution in [0.15, 0.2) is 66.7 Å². The molecule has 0 unspecified atom stereocenters. The van der Waals surface area contributed by atoms with Gasteiger partial charge >= 0.3 is 0 Å². The molecular weight excluding hydrogens is 489 g/mol. The zero-order valence-corrected chi connectivity index (χ0v) is 21.4. The molecule has 186 valence electrons. The fourth-order valence-electron chi connectivity index (χ4n) is 4.07. The van der Waals surface area contributed by atoms with E-state index in [4.69, 9.17) is 11.6 Å². The van der Waals surface area contributed by atoms with E-state index >= 15 is 4.39 Å². The van der Waals surface area contributed by atoms with E-state index in [0.29, 0.717) is 10.8 Å². The Hall–Kier alpha value is -3.66.